The molecule has 0 saturated heterocycles. The van der Waals surface area contributed by atoms with Crippen LogP contribution in [-0.2, 0) is 6.18 Å². The molecular formula is C14H16F3NO. The summed E-state index contributed by atoms with van der Waals surface area (Å²) in [6, 6.07) is 4.32. The summed E-state index contributed by atoms with van der Waals surface area (Å²) in [6.07, 6.45) is -0.535. The van der Waals surface area contributed by atoms with Gasteiger partial charge in [-0.25, -0.2) is 0 Å². The molecular weight excluding hydrogens is 255 g/mol. The second-order valence-electron chi connectivity index (χ2n) is 5.24. The molecule has 104 valence electrons. The van der Waals surface area contributed by atoms with Gasteiger partial charge in [-0.1, -0.05) is 25.0 Å². The maximum Gasteiger partial charge on any atom is 0.416 e. The smallest absolute Gasteiger partial charge is 0.325 e. The molecule has 0 radical (unpaired) electrons. The van der Waals surface area contributed by atoms with Crippen LogP contribution in [0.4, 0.5) is 13.2 Å². The van der Waals surface area contributed by atoms with E-state index in [-0.39, 0.29) is 12.2 Å². The van der Waals surface area contributed by atoms with Gasteiger partial charge in [-0.3, -0.25) is 4.79 Å². The van der Waals surface area contributed by atoms with Gasteiger partial charge >= 0.3 is 6.18 Å². The van der Waals surface area contributed by atoms with Crippen LogP contribution in [0.15, 0.2) is 24.3 Å². The highest BCUT2D eigenvalue weighted by Crippen LogP contribution is 2.32. The van der Waals surface area contributed by atoms with Crippen LogP contribution in [0.25, 0.3) is 0 Å². The van der Waals surface area contributed by atoms with E-state index in [9.17, 15) is 18.0 Å². The molecule has 0 aromatic heterocycles. The van der Waals surface area contributed by atoms with Crippen LogP contribution in [-0.4, -0.2) is 11.3 Å². The molecule has 0 unspecified atom stereocenters. The lowest BCUT2D eigenvalue weighted by atomic mass is 9.90. The van der Waals surface area contributed by atoms with Gasteiger partial charge < -0.3 is 5.73 Å². The zero-order valence-electron chi connectivity index (χ0n) is 10.5. The largest absolute Gasteiger partial charge is 0.416 e. The first kappa shape index (κ1) is 14.1. The van der Waals surface area contributed by atoms with E-state index in [0.717, 1.165) is 37.8 Å². The normalized spacial score (nSPS) is 18.5. The van der Waals surface area contributed by atoms with Gasteiger partial charge in [-0.05, 0) is 25.0 Å². The summed E-state index contributed by atoms with van der Waals surface area (Å²) < 4.78 is 37.2. The number of alkyl halides is 3. The fraction of sp³-hybridized carbons (Fsp3) is 0.500. The van der Waals surface area contributed by atoms with Crippen LogP contribution in [0.3, 0.4) is 0 Å². The molecule has 1 fully saturated rings. The number of hydrogen-bond acceptors (Lipinski definition) is 2. The third-order valence-corrected chi connectivity index (χ3v) is 3.65. The molecule has 0 amide bonds. The lowest BCUT2D eigenvalue weighted by Gasteiger charge is -2.22. The molecule has 2 N–H and O–H groups in total. The topological polar surface area (TPSA) is 43.1 Å². The van der Waals surface area contributed by atoms with Crippen molar-refractivity contribution in [2.45, 2.75) is 43.8 Å². The van der Waals surface area contributed by atoms with E-state index in [0.29, 0.717) is 5.56 Å². The van der Waals surface area contributed by atoms with Gasteiger partial charge in [0, 0.05) is 17.5 Å². The number of ketones is 1. The third-order valence-electron chi connectivity index (χ3n) is 3.65. The van der Waals surface area contributed by atoms with E-state index in [1.807, 2.05) is 0 Å². The zero-order valence-corrected chi connectivity index (χ0v) is 10.5. The van der Waals surface area contributed by atoms with Crippen LogP contribution in [0.2, 0.25) is 0 Å². The predicted octanol–water partition coefficient (Wildman–Crippen LogP) is 3.55. The van der Waals surface area contributed by atoms with Crippen molar-refractivity contribution in [2.75, 3.05) is 0 Å². The Labute approximate surface area is 109 Å². The molecule has 5 heteroatoms. The average Bonchev–Trinajstić information content (AvgIpc) is 2.75. The SMILES string of the molecule is NC1(CC(=O)c2ccc(C(F)(F)F)cc2)CCCC1. The molecule has 0 spiro atoms. The van der Waals surface area contributed by atoms with Gasteiger partial charge in [0.25, 0.3) is 0 Å². The Bertz CT molecular complexity index is 459. The molecule has 2 nitrogen and oxygen atoms in total. The first-order valence-corrected chi connectivity index (χ1v) is 6.30. The second-order valence-corrected chi connectivity index (χ2v) is 5.24. The molecule has 0 aliphatic heterocycles. The summed E-state index contributed by atoms with van der Waals surface area (Å²) in [6.45, 7) is 0. The lowest BCUT2D eigenvalue weighted by molar-refractivity contribution is -0.137. The Morgan fingerprint density at radius 3 is 2.16 bits per heavy atom. The summed E-state index contributed by atoms with van der Waals surface area (Å²) in [7, 11) is 0. The first-order chi connectivity index (χ1) is 8.80. The van der Waals surface area contributed by atoms with Crippen LogP contribution in [0.5, 0.6) is 0 Å². The lowest BCUT2D eigenvalue weighted by Crippen LogP contribution is -2.38. The summed E-state index contributed by atoms with van der Waals surface area (Å²) >= 11 is 0. The Hall–Kier alpha value is -1.36. The van der Waals surface area contributed by atoms with Crippen LogP contribution in [0.1, 0.15) is 48.0 Å². The molecule has 0 atom stereocenters. The summed E-state index contributed by atoms with van der Waals surface area (Å²) in [5.41, 5.74) is 5.18. The minimum atomic E-state index is -4.37. The molecule has 0 heterocycles. The van der Waals surface area contributed by atoms with Gasteiger partial charge in [0.1, 0.15) is 0 Å². The number of carbonyl (C=O) groups is 1. The monoisotopic (exact) mass is 271 g/mol. The molecule has 19 heavy (non-hydrogen) atoms. The molecule has 1 aromatic rings. The number of benzene rings is 1. The average molecular weight is 271 g/mol. The van der Waals surface area contributed by atoms with E-state index in [1.165, 1.54) is 12.1 Å². The van der Waals surface area contributed by atoms with Gasteiger partial charge in [-0.2, -0.15) is 13.2 Å². The van der Waals surface area contributed by atoms with Gasteiger partial charge in [-0.15, -0.1) is 0 Å². The van der Waals surface area contributed by atoms with Crippen LogP contribution >= 0.6 is 0 Å². The van der Waals surface area contributed by atoms with Gasteiger partial charge in [0.2, 0.25) is 0 Å². The molecule has 2 rings (SSSR count). The first-order valence-electron chi connectivity index (χ1n) is 6.30. The van der Waals surface area contributed by atoms with Crippen molar-refractivity contribution in [1.82, 2.24) is 0 Å². The minimum Gasteiger partial charge on any atom is -0.325 e. The highest BCUT2D eigenvalue weighted by molar-refractivity contribution is 5.96. The maximum absolute atomic E-state index is 12.4. The third kappa shape index (κ3) is 3.35. The molecule has 0 bridgehead atoms. The number of halogens is 3. The van der Waals surface area contributed by atoms with E-state index in [4.69, 9.17) is 5.73 Å². The van der Waals surface area contributed by atoms with E-state index >= 15 is 0 Å². The number of nitrogens with two attached hydrogens (primary N) is 1. The van der Waals surface area contributed by atoms with Crippen molar-refractivity contribution in [3.05, 3.63) is 35.4 Å². The molecule has 1 saturated carbocycles. The van der Waals surface area contributed by atoms with Crippen molar-refractivity contribution in [2.24, 2.45) is 5.73 Å². The summed E-state index contributed by atoms with van der Waals surface area (Å²) in [5, 5.41) is 0. The standard InChI is InChI=1S/C14H16F3NO/c15-14(16,17)11-5-3-10(4-6-11)12(19)9-13(18)7-1-2-8-13/h3-6H,1-2,7-9,18H2. The van der Waals surface area contributed by atoms with E-state index in [1.54, 1.807) is 0 Å². The number of Topliss-reactive ketones (excluding diaryl/α,β-unsaturated/α-hetero) is 1. The Kier molecular flexibility index (Phi) is 3.67. The van der Waals surface area contributed by atoms with Crippen molar-refractivity contribution < 1.29 is 18.0 Å². The van der Waals surface area contributed by atoms with E-state index < -0.39 is 17.3 Å². The Morgan fingerprint density at radius 2 is 1.68 bits per heavy atom. The van der Waals surface area contributed by atoms with Crippen molar-refractivity contribution >= 4 is 5.78 Å². The van der Waals surface area contributed by atoms with Crippen molar-refractivity contribution in [3.8, 4) is 0 Å². The van der Waals surface area contributed by atoms with Crippen molar-refractivity contribution in [1.29, 1.82) is 0 Å². The fourth-order valence-corrected chi connectivity index (χ4v) is 2.52. The van der Waals surface area contributed by atoms with Crippen LogP contribution in [0, 0.1) is 0 Å². The predicted molar refractivity (Wildman–Crippen MR) is 65.8 cm³/mol. The van der Waals surface area contributed by atoms with Crippen molar-refractivity contribution in [3.63, 3.8) is 0 Å². The minimum absolute atomic E-state index is 0.182. The molecule has 1 aliphatic carbocycles. The highest BCUT2D eigenvalue weighted by Gasteiger charge is 2.33. The van der Waals surface area contributed by atoms with Gasteiger partial charge in [0.15, 0.2) is 5.78 Å². The summed E-state index contributed by atoms with van der Waals surface area (Å²) in [5.74, 6) is -0.182. The number of hydrogen-bond donors (Lipinski definition) is 1. The second kappa shape index (κ2) is 4.96. The zero-order chi connectivity index (χ0) is 14.1. The Morgan fingerprint density at radius 1 is 1.16 bits per heavy atom. The summed E-state index contributed by atoms with van der Waals surface area (Å²) in [4.78, 5) is 12.0. The number of rotatable bonds is 3. The quantitative estimate of drug-likeness (QED) is 0.854. The maximum atomic E-state index is 12.4. The highest BCUT2D eigenvalue weighted by atomic mass is 19.4. The van der Waals surface area contributed by atoms with Gasteiger partial charge in [0.05, 0.1) is 5.56 Å². The van der Waals surface area contributed by atoms with E-state index in [2.05, 4.69) is 0 Å². The molecule has 1 aliphatic rings. The van der Waals surface area contributed by atoms with Crippen LogP contribution < -0.4 is 5.73 Å². The fourth-order valence-electron chi connectivity index (χ4n) is 2.52. The molecule has 1 aromatic carbocycles. The number of carbonyl (C=O) groups excluding carboxylic acids is 1. The Balaban J connectivity index is 2.08.